The second-order valence-electron chi connectivity index (χ2n) is 6.42. The van der Waals surface area contributed by atoms with Crippen molar-refractivity contribution in [2.75, 3.05) is 25.6 Å². The van der Waals surface area contributed by atoms with Crippen LogP contribution in [0.5, 0.6) is 11.5 Å². The van der Waals surface area contributed by atoms with Gasteiger partial charge < -0.3 is 20.1 Å². The predicted octanol–water partition coefficient (Wildman–Crippen LogP) is 3.55. The molecule has 1 saturated heterocycles. The number of amides is 4. The third kappa shape index (κ3) is 5.32. The van der Waals surface area contributed by atoms with Gasteiger partial charge in [0.15, 0.2) is 18.1 Å². The van der Waals surface area contributed by atoms with Crippen molar-refractivity contribution in [2.45, 2.75) is 0 Å². The molecule has 0 aliphatic carbocycles. The van der Waals surface area contributed by atoms with Crippen molar-refractivity contribution >= 4 is 45.5 Å². The molecule has 0 atom stereocenters. The molecule has 2 aromatic rings. The normalized spacial score (nSPS) is 14.4. The minimum absolute atomic E-state index is 0.115. The summed E-state index contributed by atoms with van der Waals surface area (Å²) in [5.74, 6) is -0.0668. The maximum Gasteiger partial charge on any atom is 0.329 e. The van der Waals surface area contributed by atoms with Gasteiger partial charge in [0.2, 0.25) is 0 Å². The molecule has 0 saturated carbocycles. The molecule has 160 valence electrons. The Hall–Kier alpha value is -3.59. The van der Waals surface area contributed by atoms with Crippen molar-refractivity contribution in [3.05, 3.63) is 70.9 Å². The Morgan fingerprint density at radius 3 is 2.65 bits per heavy atom. The number of benzene rings is 2. The molecule has 2 N–H and O–H groups in total. The third-order valence-corrected chi connectivity index (χ3v) is 4.96. The molecular weight excluding hydrogens is 466 g/mol. The highest BCUT2D eigenvalue weighted by molar-refractivity contribution is 9.10. The maximum absolute atomic E-state index is 12.4. The number of carbonyl (C=O) groups is 3. The summed E-state index contributed by atoms with van der Waals surface area (Å²) >= 11 is 3.43. The Morgan fingerprint density at radius 1 is 1.23 bits per heavy atom. The van der Waals surface area contributed by atoms with E-state index in [0.717, 1.165) is 4.90 Å². The average Bonchev–Trinajstić information content (AvgIpc) is 3.02. The molecule has 3 rings (SSSR count). The lowest BCUT2D eigenvalue weighted by molar-refractivity contribution is -0.122. The Balaban J connectivity index is 1.74. The molecule has 1 aliphatic heterocycles. The van der Waals surface area contributed by atoms with Crippen LogP contribution in [0, 0.1) is 0 Å². The maximum atomic E-state index is 12.4. The summed E-state index contributed by atoms with van der Waals surface area (Å²) < 4.78 is 11.6. The molecule has 1 fully saturated rings. The van der Waals surface area contributed by atoms with E-state index in [1.807, 2.05) is 18.2 Å². The first-order valence-electron chi connectivity index (χ1n) is 9.23. The Labute approximate surface area is 187 Å². The summed E-state index contributed by atoms with van der Waals surface area (Å²) in [5, 5.41) is 5.27. The second-order valence-corrected chi connectivity index (χ2v) is 7.27. The number of imide groups is 1. The van der Waals surface area contributed by atoms with Crippen LogP contribution in [0.25, 0.3) is 6.08 Å². The van der Waals surface area contributed by atoms with Crippen LogP contribution in [0.1, 0.15) is 5.56 Å². The van der Waals surface area contributed by atoms with Crippen molar-refractivity contribution in [1.82, 2.24) is 10.2 Å². The fourth-order valence-corrected chi connectivity index (χ4v) is 3.25. The van der Waals surface area contributed by atoms with Gasteiger partial charge in [-0.25, -0.2) is 4.79 Å². The molecule has 2 aromatic carbocycles. The summed E-state index contributed by atoms with van der Waals surface area (Å²) in [6, 6.07) is 11.8. The zero-order valence-corrected chi connectivity index (χ0v) is 18.3. The average molecular weight is 486 g/mol. The molecule has 9 heteroatoms. The van der Waals surface area contributed by atoms with E-state index in [1.165, 1.54) is 19.3 Å². The molecule has 8 nitrogen and oxygen atoms in total. The van der Waals surface area contributed by atoms with Crippen molar-refractivity contribution in [1.29, 1.82) is 0 Å². The number of nitrogens with zero attached hydrogens (tertiary/aromatic N) is 1. The lowest BCUT2D eigenvalue weighted by atomic mass is 10.1. The van der Waals surface area contributed by atoms with Crippen LogP contribution in [-0.4, -0.2) is 43.0 Å². The van der Waals surface area contributed by atoms with Crippen molar-refractivity contribution < 1.29 is 23.9 Å². The standard InChI is InChI=1S/C22H20BrN3O5/c1-3-9-26-21(28)17(25-22(26)29)10-14-11-18(30-2)19(12-16(14)23)31-13-20(27)24-15-7-5-4-6-8-15/h3-8,10-12H,1,9,13H2,2H3,(H,24,27)(H,25,29)/b17-10+. The van der Waals surface area contributed by atoms with Gasteiger partial charge >= 0.3 is 6.03 Å². The Morgan fingerprint density at radius 2 is 1.97 bits per heavy atom. The number of ether oxygens (including phenoxy) is 2. The molecule has 1 heterocycles. The number of hydrogen-bond acceptors (Lipinski definition) is 5. The highest BCUT2D eigenvalue weighted by Gasteiger charge is 2.32. The van der Waals surface area contributed by atoms with E-state index >= 15 is 0 Å². The number of halogens is 1. The molecule has 0 bridgehead atoms. The van der Waals surface area contributed by atoms with Crippen LogP contribution in [0.15, 0.2) is 65.3 Å². The lowest BCUT2D eigenvalue weighted by Gasteiger charge is -2.13. The zero-order valence-electron chi connectivity index (χ0n) is 16.7. The predicted molar refractivity (Wildman–Crippen MR) is 120 cm³/mol. The van der Waals surface area contributed by atoms with E-state index in [4.69, 9.17) is 9.47 Å². The van der Waals surface area contributed by atoms with E-state index in [0.29, 0.717) is 27.2 Å². The van der Waals surface area contributed by atoms with Crippen LogP contribution >= 0.6 is 15.9 Å². The highest BCUT2D eigenvalue weighted by atomic mass is 79.9. The number of urea groups is 1. The summed E-state index contributed by atoms with van der Waals surface area (Å²) in [6.07, 6.45) is 3.00. The Bertz CT molecular complexity index is 1050. The van der Waals surface area contributed by atoms with E-state index in [9.17, 15) is 14.4 Å². The quantitative estimate of drug-likeness (QED) is 0.338. The fourth-order valence-electron chi connectivity index (χ4n) is 2.82. The SMILES string of the molecule is C=CCN1C(=O)N/C(=C/c2cc(OC)c(OCC(=O)Nc3ccccc3)cc2Br)C1=O. The van der Waals surface area contributed by atoms with E-state index in [-0.39, 0.29) is 24.8 Å². The largest absolute Gasteiger partial charge is 0.493 e. The van der Waals surface area contributed by atoms with Gasteiger partial charge in [0.1, 0.15) is 5.70 Å². The van der Waals surface area contributed by atoms with Gasteiger partial charge in [-0.1, -0.05) is 40.2 Å². The first kappa shape index (κ1) is 22.1. The third-order valence-electron chi connectivity index (χ3n) is 4.27. The fraction of sp³-hybridized carbons (Fsp3) is 0.136. The molecule has 31 heavy (non-hydrogen) atoms. The van der Waals surface area contributed by atoms with E-state index < -0.39 is 11.9 Å². The number of nitrogens with one attached hydrogen (secondary N) is 2. The van der Waals surface area contributed by atoms with E-state index in [1.54, 1.807) is 24.3 Å². The highest BCUT2D eigenvalue weighted by Crippen LogP contribution is 2.35. The van der Waals surface area contributed by atoms with Crippen molar-refractivity contribution in [3.63, 3.8) is 0 Å². The van der Waals surface area contributed by atoms with Gasteiger partial charge in [0, 0.05) is 16.7 Å². The van der Waals surface area contributed by atoms with Gasteiger partial charge in [-0.15, -0.1) is 6.58 Å². The first-order valence-corrected chi connectivity index (χ1v) is 10.0. The van der Waals surface area contributed by atoms with Gasteiger partial charge in [-0.2, -0.15) is 0 Å². The van der Waals surface area contributed by atoms with Gasteiger partial charge in [-0.05, 0) is 35.9 Å². The number of rotatable bonds is 8. The number of hydrogen-bond donors (Lipinski definition) is 2. The van der Waals surface area contributed by atoms with E-state index in [2.05, 4.69) is 33.1 Å². The number of anilines is 1. The first-order chi connectivity index (χ1) is 14.9. The minimum atomic E-state index is -0.511. The summed E-state index contributed by atoms with van der Waals surface area (Å²) in [7, 11) is 1.46. The van der Waals surface area contributed by atoms with Crippen LogP contribution in [0.2, 0.25) is 0 Å². The summed E-state index contributed by atoms with van der Waals surface area (Å²) in [6.45, 7) is 3.44. The lowest BCUT2D eigenvalue weighted by Crippen LogP contribution is -2.30. The van der Waals surface area contributed by atoms with Crippen LogP contribution in [0.3, 0.4) is 0 Å². The molecule has 0 unspecified atom stereocenters. The number of para-hydroxylation sites is 1. The monoisotopic (exact) mass is 485 g/mol. The van der Waals surface area contributed by atoms with Crippen LogP contribution in [-0.2, 0) is 9.59 Å². The summed E-state index contributed by atoms with van der Waals surface area (Å²) in [5.41, 5.74) is 1.38. The summed E-state index contributed by atoms with van der Waals surface area (Å²) in [4.78, 5) is 37.5. The minimum Gasteiger partial charge on any atom is -0.493 e. The van der Waals surface area contributed by atoms with Crippen molar-refractivity contribution in [3.8, 4) is 11.5 Å². The second kappa shape index (κ2) is 9.94. The van der Waals surface area contributed by atoms with Gasteiger partial charge in [-0.3, -0.25) is 14.5 Å². The van der Waals surface area contributed by atoms with Crippen LogP contribution in [0.4, 0.5) is 10.5 Å². The number of carbonyl (C=O) groups excluding carboxylic acids is 3. The van der Waals surface area contributed by atoms with Gasteiger partial charge in [0.05, 0.1) is 7.11 Å². The molecule has 4 amide bonds. The van der Waals surface area contributed by atoms with Crippen LogP contribution < -0.4 is 20.1 Å². The number of methoxy groups -OCH3 is 1. The Kier molecular flexibility index (Phi) is 7.09. The van der Waals surface area contributed by atoms with Gasteiger partial charge in [0.25, 0.3) is 11.8 Å². The molecule has 1 aliphatic rings. The topological polar surface area (TPSA) is 97.0 Å². The molecule has 0 spiro atoms. The zero-order chi connectivity index (χ0) is 22.4. The molecule has 0 aromatic heterocycles. The van der Waals surface area contributed by atoms with Crippen molar-refractivity contribution in [2.24, 2.45) is 0 Å². The molecular formula is C22H20BrN3O5. The molecule has 0 radical (unpaired) electrons. The smallest absolute Gasteiger partial charge is 0.329 e.